The number of aryl methyl sites for hydroxylation is 3. The molecule has 0 bridgehead atoms. The summed E-state index contributed by atoms with van der Waals surface area (Å²) >= 11 is 0. The maximum atomic E-state index is 11.5. The standard InChI is InChI=1S/C17H16N2O2/c1-10-4-5-13(17(20)21)15(6-10)19-9-18-14-7-11(2)12(3)8-16(14)19/h4-9H,1-3H3,(H,20,21). The SMILES string of the molecule is Cc1ccc(C(=O)O)c(-n2cnc3cc(C)c(C)cc32)c1. The fourth-order valence-corrected chi connectivity index (χ4v) is 2.48. The van der Waals surface area contributed by atoms with Crippen LogP contribution in [0.5, 0.6) is 0 Å². The minimum Gasteiger partial charge on any atom is -0.478 e. The number of carbonyl (C=O) groups is 1. The number of carboxylic acid groups (broad SMARTS) is 1. The maximum Gasteiger partial charge on any atom is 0.337 e. The summed E-state index contributed by atoms with van der Waals surface area (Å²) in [5, 5.41) is 9.39. The predicted molar refractivity (Wildman–Crippen MR) is 82.2 cm³/mol. The van der Waals surface area contributed by atoms with Crippen LogP contribution in [-0.4, -0.2) is 20.6 Å². The highest BCUT2D eigenvalue weighted by molar-refractivity contribution is 5.93. The first-order valence-electron chi connectivity index (χ1n) is 6.76. The molecule has 3 rings (SSSR count). The van der Waals surface area contributed by atoms with Gasteiger partial charge in [-0.2, -0.15) is 0 Å². The molecule has 0 unspecified atom stereocenters. The highest BCUT2D eigenvalue weighted by Gasteiger charge is 2.14. The van der Waals surface area contributed by atoms with Crippen molar-refractivity contribution in [1.82, 2.24) is 9.55 Å². The first-order chi connectivity index (χ1) is 9.97. The molecule has 4 heteroatoms. The van der Waals surface area contributed by atoms with Crippen LogP contribution in [0.15, 0.2) is 36.7 Å². The van der Waals surface area contributed by atoms with Gasteiger partial charge in [0, 0.05) is 0 Å². The number of fused-ring (bicyclic) bond motifs is 1. The van der Waals surface area contributed by atoms with Gasteiger partial charge in [0.25, 0.3) is 0 Å². The van der Waals surface area contributed by atoms with E-state index in [0.717, 1.165) is 22.2 Å². The summed E-state index contributed by atoms with van der Waals surface area (Å²) in [6.45, 7) is 6.03. The lowest BCUT2D eigenvalue weighted by Crippen LogP contribution is -2.05. The zero-order valence-electron chi connectivity index (χ0n) is 12.2. The molecule has 21 heavy (non-hydrogen) atoms. The average molecular weight is 280 g/mol. The molecule has 0 spiro atoms. The first kappa shape index (κ1) is 13.4. The molecule has 0 saturated carbocycles. The number of hydrogen-bond donors (Lipinski definition) is 1. The molecule has 0 amide bonds. The number of imidazole rings is 1. The molecule has 0 aliphatic heterocycles. The van der Waals surface area contributed by atoms with Gasteiger partial charge in [-0.25, -0.2) is 9.78 Å². The zero-order valence-corrected chi connectivity index (χ0v) is 12.2. The zero-order chi connectivity index (χ0) is 15.1. The lowest BCUT2D eigenvalue weighted by molar-refractivity contribution is 0.0697. The van der Waals surface area contributed by atoms with Crippen molar-refractivity contribution in [3.05, 3.63) is 58.9 Å². The smallest absolute Gasteiger partial charge is 0.337 e. The summed E-state index contributed by atoms with van der Waals surface area (Å²) in [6.07, 6.45) is 1.69. The van der Waals surface area contributed by atoms with Crippen LogP contribution in [0.3, 0.4) is 0 Å². The predicted octanol–water partition coefficient (Wildman–Crippen LogP) is 3.65. The van der Waals surface area contributed by atoms with Gasteiger partial charge in [-0.15, -0.1) is 0 Å². The topological polar surface area (TPSA) is 55.1 Å². The van der Waals surface area contributed by atoms with Crippen molar-refractivity contribution in [2.24, 2.45) is 0 Å². The Balaban J connectivity index is 2.33. The Morgan fingerprint density at radius 2 is 1.81 bits per heavy atom. The van der Waals surface area contributed by atoms with Gasteiger partial charge in [0.2, 0.25) is 0 Å². The van der Waals surface area contributed by atoms with Crippen molar-refractivity contribution < 1.29 is 9.90 Å². The molecule has 1 aromatic heterocycles. The minimum atomic E-state index is -0.935. The fourth-order valence-electron chi connectivity index (χ4n) is 2.48. The quantitative estimate of drug-likeness (QED) is 0.779. The van der Waals surface area contributed by atoms with Crippen LogP contribution in [-0.2, 0) is 0 Å². The van der Waals surface area contributed by atoms with Gasteiger partial charge in [0.05, 0.1) is 22.3 Å². The summed E-state index contributed by atoms with van der Waals surface area (Å²) < 4.78 is 1.85. The second-order valence-corrected chi connectivity index (χ2v) is 5.37. The third-order valence-electron chi connectivity index (χ3n) is 3.81. The van der Waals surface area contributed by atoms with E-state index in [-0.39, 0.29) is 5.56 Å². The normalized spacial score (nSPS) is 11.0. The third-order valence-corrected chi connectivity index (χ3v) is 3.81. The molecule has 1 N–H and O–H groups in total. The number of benzene rings is 2. The van der Waals surface area contributed by atoms with E-state index >= 15 is 0 Å². The molecule has 0 aliphatic carbocycles. The maximum absolute atomic E-state index is 11.5. The molecule has 0 radical (unpaired) electrons. The number of nitrogens with zero attached hydrogens (tertiary/aromatic N) is 2. The molecule has 0 saturated heterocycles. The number of rotatable bonds is 2. The number of carboxylic acids is 1. The summed E-state index contributed by atoms with van der Waals surface area (Å²) in [5.41, 5.74) is 6.07. The first-order valence-corrected chi connectivity index (χ1v) is 6.76. The Hall–Kier alpha value is -2.62. The van der Waals surface area contributed by atoms with E-state index in [2.05, 4.69) is 4.98 Å². The average Bonchev–Trinajstić information content (AvgIpc) is 2.81. The van der Waals surface area contributed by atoms with Gasteiger partial charge >= 0.3 is 5.97 Å². The van der Waals surface area contributed by atoms with Crippen molar-refractivity contribution in [1.29, 1.82) is 0 Å². The van der Waals surface area contributed by atoms with Crippen LogP contribution in [0, 0.1) is 20.8 Å². The molecule has 0 atom stereocenters. The fraction of sp³-hybridized carbons (Fsp3) is 0.176. The van der Waals surface area contributed by atoms with Crippen molar-refractivity contribution in [3.63, 3.8) is 0 Å². The molecule has 0 fully saturated rings. The molecule has 3 aromatic rings. The Morgan fingerprint density at radius 1 is 1.10 bits per heavy atom. The van der Waals surface area contributed by atoms with Crippen molar-refractivity contribution in [2.45, 2.75) is 20.8 Å². The van der Waals surface area contributed by atoms with Gasteiger partial charge in [0.1, 0.15) is 6.33 Å². The van der Waals surface area contributed by atoms with E-state index in [1.165, 1.54) is 5.56 Å². The van der Waals surface area contributed by atoms with E-state index in [4.69, 9.17) is 0 Å². The van der Waals surface area contributed by atoms with Crippen LogP contribution in [0.4, 0.5) is 0 Å². The van der Waals surface area contributed by atoms with Crippen LogP contribution >= 0.6 is 0 Å². The van der Waals surface area contributed by atoms with E-state index < -0.39 is 5.97 Å². The van der Waals surface area contributed by atoms with Crippen LogP contribution in [0.25, 0.3) is 16.7 Å². The molecular weight excluding hydrogens is 264 g/mol. The summed E-state index contributed by atoms with van der Waals surface area (Å²) in [5.74, 6) is -0.935. The monoisotopic (exact) mass is 280 g/mol. The Labute approximate surface area is 122 Å². The molecule has 4 nitrogen and oxygen atoms in total. The van der Waals surface area contributed by atoms with Crippen LogP contribution in [0.1, 0.15) is 27.0 Å². The van der Waals surface area contributed by atoms with E-state index in [1.807, 2.05) is 49.6 Å². The van der Waals surface area contributed by atoms with E-state index in [9.17, 15) is 9.90 Å². The second-order valence-electron chi connectivity index (χ2n) is 5.37. The van der Waals surface area contributed by atoms with Crippen LogP contribution in [0.2, 0.25) is 0 Å². The van der Waals surface area contributed by atoms with Gasteiger partial charge in [0.15, 0.2) is 0 Å². The highest BCUT2D eigenvalue weighted by atomic mass is 16.4. The van der Waals surface area contributed by atoms with Gasteiger partial charge in [-0.3, -0.25) is 4.57 Å². The highest BCUT2D eigenvalue weighted by Crippen LogP contribution is 2.24. The summed E-state index contributed by atoms with van der Waals surface area (Å²) in [4.78, 5) is 15.8. The molecule has 2 aromatic carbocycles. The largest absolute Gasteiger partial charge is 0.478 e. The minimum absolute atomic E-state index is 0.276. The van der Waals surface area contributed by atoms with Crippen molar-refractivity contribution in [2.75, 3.05) is 0 Å². The molecule has 1 heterocycles. The third kappa shape index (κ3) is 2.18. The van der Waals surface area contributed by atoms with E-state index in [0.29, 0.717) is 5.69 Å². The van der Waals surface area contributed by atoms with Crippen molar-refractivity contribution >= 4 is 17.0 Å². The van der Waals surface area contributed by atoms with E-state index in [1.54, 1.807) is 12.4 Å². The number of hydrogen-bond acceptors (Lipinski definition) is 2. The molecule has 106 valence electrons. The lowest BCUT2D eigenvalue weighted by Gasteiger charge is -2.10. The number of aromatic nitrogens is 2. The molecule has 0 aliphatic rings. The second kappa shape index (κ2) is 4.74. The Kier molecular flexibility index (Phi) is 3.01. The Morgan fingerprint density at radius 3 is 2.52 bits per heavy atom. The lowest BCUT2D eigenvalue weighted by atomic mass is 10.1. The summed E-state index contributed by atoms with van der Waals surface area (Å²) in [7, 11) is 0. The van der Waals surface area contributed by atoms with Gasteiger partial charge < -0.3 is 5.11 Å². The van der Waals surface area contributed by atoms with Crippen LogP contribution < -0.4 is 0 Å². The Bertz CT molecular complexity index is 863. The van der Waals surface area contributed by atoms with Gasteiger partial charge in [-0.05, 0) is 61.7 Å². The van der Waals surface area contributed by atoms with Gasteiger partial charge in [-0.1, -0.05) is 6.07 Å². The van der Waals surface area contributed by atoms with Crippen molar-refractivity contribution in [3.8, 4) is 5.69 Å². The molecular formula is C17H16N2O2. The number of aromatic carboxylic acids is 1. The summed E-state index contributed by atoms with van der Waals surface area (Å²) in [6, 6.07) is 9.39.